The summed E-state index contributed by atoms with van der Waals surface area (Å²) in [5.74, 6) is -0.229. The molecule has 5 heteroatoms. The molecule has 0 aliphatic carbocycles. The predicted molar refractivity (Wildman–Crippen MR) is 91.4 cm³/mol. The molecule has 0 aliphatic rings. The molecule has 5 nitrogen and oxygen atoms in total. The second-order valence-corrected chi connectivity index (χ2v) is 5.48. The molecule has 0 amide bonds. The van der Waals surface area contributed by atoms with Gasteiger partial charge >= 0.3 is 11.4 Å². The molecule has 0 atom stereocenters. The minimum Gasteiger partial charge on any atom is -0.489 e. The molecule has 0 unspecified atom stereocenters. The lowest BCUT2D eigenvalue weighted by Crippen LogP contribution is -2.14. The van der Waals surface area contributed by atoms with E-state index in [9.17, 15) is 9.59 Å². The molecule has 0 saturated heterocycles. The quantitative estimate of drug-likeness (QED) is 0.629. The maximum absolute atomic E-state index is 11.7. The molecule has 1 aromatic heterocycles. The number of rotatable bonds is 3. The number of ether oxygens (including phenoxy) is 1. The topological polar surface area (TPSA) is 72.3 Å². The van der Waals surface area contributed by atoms with Gasteiger partial charge in [0.2, 0.25) is 0 Å². The van der Waals surface area contributed by atoms with E-state index in [2.05, 4.69) is 27.6 Å². The van der Waals surface area contributed by atoms with Gasteiger partial charge in [-0.05, 0) is 40.6 Å². The Balaban J connectivity index is 1.61. The number of H-pyrrole nitrogens is 1. The van der Waals surface area contributed by atoms with Gasteiger partial charge < -0.3 is 9.15 Å². The molecule has 0 saturated carbocycles. The van der Waals surface area contributed by atoms with Gasteiger partial charge in [-0.3, -0.25) is 4.98 Å². The summed E-state index contributed by atoms with van der Waals surface area (Å²) in [6.45, 7) is 0.380. The van der Waals surface area contributed by atoms with Gasteiger partial charge in [0.1, 0.15) is 12.4 Å². The second kappa shape index (κ2) is 5.70. The van der Waals surface area contributed by atoms with Crippen molar-refractivity contribution >= 4 is 21.7 Å². The average Bonchev–Trinajstić information content (AvgIpc) is 2.60. The van der Waals surface area contributed by atoms with Gasteiger partial charge in [0.05, 0.1) is 10.9 Å². The maximum Gasteiger partial charge on any atom is 0.419 e. The third kappa shape index (κ3) is 2.67. The molecule has 118 valence electrons. The Morgan fingerprint density at radius 1 is 0.917 bits per heavy atom. The van der Waals surface area contributed by atoms with E-state index in [-0.39, 0.29) is 5.39 Å². The minimum atomic E-state index is -0.766. The number of nitrogens with one attached hydrogen (secondary N) is 1. The Labute approximate surface area is 136 Å². The first kappa shape index (κ1) is 14.3. The molecule has 4 rings (SSSR count). The third-order valence-corrected chi connectivity index (χ3v) is 3.85. The van der Waals surface area contributed by atoms with E-state index in [1.54, 1.807) is 18.2 Å². The zero-order valence-corrected chi connectivity index (χ0v) is 12.6. The van der Waals surface area contributed by atoms with Gasteiger partial charge in [-0.2, -0.15) is 0 Å². The zero-order valence-electron chi connectivity index (χ0n) is 12.6. The number of fused-ring (bicyclic) bond motifs is 2. The molecule has 0 spiro atoms. The average molecular weight is 319 g/mol. The molecule has 0 aliphatic heterocycles. The fraction of sp³-hybridized carbons (Fsp3) is 0.0526. The summed E-state index contributed by atoms with van der Waals surface area (Å²) in [5.41, 5.74) is 0.779. The van der Waals surface area contributed by atoms with Crippen molar-refractivity contribution in [2.24, 2.45) is 0 Å². The van der Waals surface area contributed by atoms with E-state index >= 15 is 0 Å². The Bertz CT molecular complexity index is 1160. The first-order valence-electron chi connectivity index (χ1n) is 7.47. The summed E-state index contributed by atoms with van der Waals surface area (Å²) in [5, 5.41) is 2.61. The first-order chi connectivity index (χ1) is 11.7. The summed E-state index contributed by atoms with van der Waals surface area (Å²) in [6.07, 6.45) is 0. The predicted octanol–water partition coefficient (Wildman–Crippen LogP) is 3.21. The van der Waals surface area contributed by atoms with Crippen molar-refractivity contribution in [1.29, 1.82) is 0 Å². The largest absolute Gasteiger partial charge is 0.489 e. The van der Waals surface area contributed by atoms with Crippen molar-refractivity contribution < 1.29 is 9.15 Å². The monoisotopic (exact) mass is 319 g/mol. The van der Waals surface area contributed by atoms with Gasteiger partial charge in [-0.25, -0.2) is 9.59 Å². The number of aromatic nitrogens is 1. The van der Waals surface area contributed by atoms with Crippen LogP contribution in [0.5, 0.6) is 5.75 Å². The van der Waals surface area contributed by atoms with Crippen LogP contribution in [0.4, 0.5) is 0 Å². The van der Waals surface area contributed by atoms with Crippen LogP contribution in [0.25, 0.3) is 21.7 Å². The fourth-order valence-corrected chi connectivity index (χ4v) is 2.66. The Morgan fingerprint density at radius 2 is 1.75 bits per heavy atom. The van der Waals surface area contributed by atoms with Crippen LogP contribution in [-0.2, 0) is 6.61 Å². The third-order valence-electron chi connectivity index (χ3n) is 3.85. The lowest BCUT2D eigenvalue weighted by Gasteiger charge is -2.08. The van der Waals surface area contributed by atoms with Crippen LogP contribution in [0.15, 0.2) is 74.7 Å². The molecule has 0 fully saturated rings. The second-order valence-electron chi connectivity index (χ2n) is 5.48. The van der Waals surface area contributed by atoms with Crippen LogP contribution in [-0.4, -0.2) is 4.98 Å². The van der Waals surface area contributed by atoms with Gasteiger partial charge in [0.25, 0.3) is 0 Å². The highest BCUT2D eigenvalue weighted by Crippen LogP contribution is 2.20. The van der Waals surface area contributed by atoms with Crippen molar-refractivity contribution in [1.82, 2.24) is 4.98 Å². The number of hydrogen-bond donors (Lipinski definition) is 1. The van der Waals surface area contributed by atoms with Crippen LogP contribution >= 0.6 is 0 Å². The van der Waals surface area contributed by atoms with Gasteiger partial charge in [-0.1, -0.05) is 36.4 Å². The summed E-state index contributed by atoms with van der Waals surface area (Å²) < 4.78 is 10.3. The van der Waals surface area contributed by atoms with Gasteiger partial charge in [-0.15, -0.1) is 0 Å². The number of aromatic amines is 1. The summed E-state index contributed by atoms with van der Waals surface area (Å²) >= 11 is 0. The van der Waals surface area contributed by atoms with E-state index in [0.717, 1.165) is 10.9 Å². The van der Waals surface area contributed by atoms with E-state index in [0.29, 0.717) is 17.9 Å². The van der Waals surface area contributed by atoms with Crippen molar-refractivity contribution in [3.63, 3.8) is 0 Å². The molecule has 0 bridgehead atoms. The molecule has 0 radical (unpaired) electrons. The van der Waals surface area contributed by atoms with E-state index in [4.69, 9.17) is 4.74 Å². The molecule has 24 heavy (non-hydrogen) atoms. The lowest BCUT2D eigenvalue weighted by molar-refractivity contribution is 0.306. The molecule has 3 aromatic carbocycles. The molecular weight excluding hydrogens is 306 g/mol. The van der Waals surface area contributed by atoms with Crippen molar-refractivity contribution in [2.75, 3.05) is 0 Å². The SMILES string of the molecule is O=c1[nH]c2ccc(OCc3ccc4ccccc4c3)cc2c(=O)o1. The Hall–Kier alpha value is -3.34. The standard InChI is InChI=1S/C19H13NO4/c21-18-16-10-15(7-8-17(16)20-19(22)24-18)23-11-12-5-6-13-3-1-2-4-14(13)9-12/h1-10H,11H2,(H,20,22). The lowest BCUT2D eigenvalue weighted by atomic mass is 10.1. The van der Waals surface area contributed by atoms with E-state index in [1.165, 1.54) is 5.39 Å². The molecule has 1 heterocycles. The first-order valence-corrected chi connectivity index (χ1v) is 7.47. The van der Waals surface area contributed by atoms with Crippen molar-refractivity contribution in [2.45, 2.75) is 6.61 Å². The normalized spacial score (nSPS) is 11.0. The van der Waals surface area contributed by atoms with Crippen LogP contribution in [0.1, 0.15) is 5.56 Å². The molecule has 4 aromatic rings. The summed E-state index contributed by atoms with van der Waals surface area (Å²) in [7, 11) is 0. The highest BCUT2D eigenvalue weighted by atomic mass is 16.5. The highest BCUT2D eigenvalue weighted by Gasteiger charge is 2.05. The summed E-state index contributed by atoms with van der Waals surface area (Å²) in [6, 6.07) is 19.1. The van der Waals surface area contributed by atoms with Crippen molar-refractivity contribution in [3.05, 3.63) is 87.2 Å². The zero-order chi connectivity index (χ0) is 16.5. The van der Waals surface area contributed by atoms with Crippen LogP contribution < -0.4 is 16.1 Å². The van der Waals surface area contributed by atoms with Gasteiger partial charge in [0.15, 0.2) is 0 Å². The number of benzene rings is 3. The van der Waals surface area contributed by atoms with Crippen LogP contribution in [0, 0.1) is 0 Å². The Morgan fingerprint density at radius 3 is 2.62 bits per heavy atom. The fourth-order valence-electron chi connectivity index (χ4n) is 2.66. The summed E-state index contributed by atoms with van der Waals surface area (Å²) in [4.78, 5) is 25.4. The smallest absolute Gasteiger partial charge is 0.419 e. The van der Waals surface area contributed by atoms with Crippen LogP contribution in [0.2, 0.25) is 0 Å². The van der Waals surface area contributed by atoms with E-state index in [1.807, 2.05) is 24.3 Å². The maximum atomic E-state index is 11.7. The van der Waals surface area contributed by atoms with Crippen LogP contribution in [0.3, 0.4) is 0 Å². The molecular formula is C19H13NO4. The molecule has 1 N–H and O–H groups in total. The van der Waals surface area contributed by atoms with E-state index < -0.39 is 11.4 Å². The number of hydrogen-bond acceptors (Lipinski definition) is 4. The Kier molecular flexibility index (Phi) is 3.39. The minimum absolute atomic E-state index is 0.283. The van der Waals surface area contributed by atoms with Crippen molar-refractivity contribution in [3.8, 4) is 5.75 Å². The van der Waals surface area contributed by atoms with Gasteiger partial charge in [0, 0.05) is 0 Å². The highest BCUT2D eigenvalue weighted by molar-refractivity contribution is 5.83.